The highest BCUT2D eigenvalue weighted by Gasteiger charge is 2.30. The van der Waals surface area contributed by atoms with E-state index in [0.717, 1.165) is 18.9 Å². The Morgan fingerprint density at radius 2 is 1.96 bits per heavy atom. The minimum atomic E-state index is -1.36. The number of aryl methyl sites for hydroxylation is 1. The van der Waals surface area contributed by atoms with E-state index in [1.807, 2.05) is 20.8 Å². The van der Waals surface area contributed by atoms with E-state index in [1.165, 1.54) is 6.20 Å². The van der Waals surface area contributed by atoms with Gasteiger partial charge in [-0.3, -0.25) is 4.79 Å². The first-order valence-electron chi connectivity index (χ1n) is 8.39. The summed E-state index contributed by atoms with van der Waals surface area (Å²) in [6.45, 7) is 6.01. The molecule has 0 saturated heterocycles. The van der Waals surface area contributed by atoms with Crippen molar-refractivity contribution in [1.29, 1.82) is 0 Å². The van der Waals surface area contributed by atoms with Crippen molar-refractivity contribution in [3.05, 3.63) is 45.2 Å². The van der Waals surface area contributed by atoms with E-state index in [0.29, 0.717) is 11.9 Å². The Morgan fingerprint density at radius 3 is 2.48 bits per heavy atom. The van der Waals surface area contributed by atoms with Crippen molar-refractivity contribution >= 4 is 16.9 Å². The highest BCUT2D eigenvalue weighted by atomic mass is 19.2. The van der Waals surface area contributed by atoms with Gasteiger partial charge in [-0.15, -0.1) is 0 Å². The first kappa shape index (κ1) is 17.6. The molecular weight excluding hydrogens is 328 g/mol. The van der Waals surface area contributed by atoms with Crippen LogP contribution in [0.4, 0.5) is 8.78 Å². The zero-order valence-electron chi connectivity index (χ0n) is 14.5. The molecule has 0 atom stereocenters. The van der Waals surface area contributed by atoms with Crippen LogP contribution >= 0.6 is 0 Å². The second-order valence-electron chi connectivity index (χ2n) is 7.92. The van der Waals surface area contributed by atoms with Crippen molar-refractivity contribution < 1.29 is 18.7 Å². The van der Waals surface area contributed by atoms with Gasteiger partial charge in [-0.05, 0) is 37.2 Å². The van der Waals surface area contributed by atoms with E-state index in [2.05, 4.69) is 0 Å². The first-order chi connectivity index (χ1) is 11.6. The SMILES string of the molecule is CC(C)(C)CCc1c(F)c(F)cc2c(=O)c(C(=O)O)cn(C3CC3)c12. The molecule has 25 heavy (non-hydrogen) atoms. The molecule has 0 radical (unpaired) electrons. The van der Waals surface area contributed by atoms with Crippen molar-refractivity contribution in [2.24, 2.45) is 5.41 Å². The van der Waals surface area contributed by atoms with Gasteiger partial charge in [-0.1, -0.05) is 20.8 Å². The lowest BCUT2D eigenvalue weighted by atomic mass is 9.88. The van der Waals surface area contributed by atoms with Crippen LogP contribution in [0.1, 0.15) is 62.0 Å². The predicted octanol–water partition coefficient (Wildman–Crippen LogP) is 4.29. The Bertz CT molecular complexity index is 921. The molecule has 1 N–H and O–H groups in total. The second kappa shape index (κ2) is 5.93. The molecule has 0 amide bonds. The molecule has 3 rings (SSSR count). The summed E-state index contributed by atoms with van der Waals surface area (Å²) in [6, 6.07) is 0.860. The molecule has 0 spiro atoms. The maximum Gasteiger partial charge on any atom is 0.341 e. The monoisotopic (exact) mass is 349 g/mol. The van der Waals surface area contributed by atoms with Crippen LogP contribution in [0.5, 0.6) is 0 Å². The molecule has 2 aromatic rings. The molecule has 134 valence electrons. The smallest absolute Gasteiger partial charge is 0.341 e. The number of pyridine rings is 1. The summed E-state index contributed by atoms with van der Waals surface area (Å²) >= 11 is 0. The van der Waals surface area contributed by atoms with Gasteiger partial charge in [-0.2, -0.15) is 0 Å². The average molecular weight is 349 g/mol. The first-order valence-corrected chi connectivity index (χ1v) is 8.39. The molecule has 1 fully saturated rings. The lowest BCUT2D eigenvalue weighted by Gasteiger charge is -2.21. The van der Waals surface area contributed by atoms with E-state index >= 15 is 0 Å². The average Bonchev–Trinajstić information content (AvgIpc) is 3.32. The van der Waals surface area contributed by atoms with Gasteiger partial charge in [0.25, 0.3) is 0 Å². The number of carboxylic acids is 1. The molecule has 0 unspecified atom stereocenters. The normalized spacial score (nSPS) is 14.9. The molecule has 1 aromatic carbocycles. The molecule has 0 bridgehead atoms. The van der Waals surface area contributed by atoms with Crippen molar-refractivity contribution in [3.63, 3.8) is 0 Å². The van der Waals surface area contributed by atoms with Crippen LogP contribution in [0.25, 0.3) is 10.9 Å². The number of aromatic carboxylic acids is 1. The molecule has 4 nitrogen and oxygen atoms in total. The maximum atomic E-state index is 14.6. The van der Waals surface area contributed by atoms with Gasteiger partial charge in [0, 0.05) is 23.2 Å². The third kappa shape index (κ3) is 3.30. The molecule has 1 aromatic heterocycles. The van der Waals surface area contributed by atoms with Crippen molar-refractivity contribution in [3.8, 4) is 0 Å². The van der Waals surface area contributed by atoms with Crippen LogP contribution in [0.2, 0.25) is 0 Å². The number of halogens is 2. The van der Waals surface area contributed by atoms with Crippen LogP contribution in [0, 0.1) is 17.0 Å². The molecule has 6 heteroatoms. The summed E-state index contributed by atoms with van der Waals surface area (Å²) < 4.78 is 30.3. The number of rotatable bonds is 4. The number of carbonyl (C=O) groups is 1. The lowest BCUT2D eigenvalue weighted by molar-refractivity contribution is 0.0695. The van der Waals surface area contributed by atoms with Crippen LogP contribution < -0.4 is 5.43 Å². The number of hydrogen-bond donors (Lipinski definition) is 1. The molecule has 1 aliphatic rings. The van der Waals surface area contributed by atoms with Gasteiger partial charge in [0.05, 0.1) is 5.52 Å². The van der Waals surface area contributed by atoms with Crippen molar-refractivity contribution in [1.82, 2.24) is 4.57 Å². The zero-order valence-corrected chi connectivity index (χ0v) is 14.5. The third-order valence-corrected chi connectivity index (χ3v) is 4.60. The molecular formula is C19H21F2NO3. The largest absolute Gasteiger partial charge is 0.477 e. The Morgan fingerprint density at radius 1 is 1.32 bits per heavy atom. The molecule has 0 aliphatic heterocycles. The molecule has 1 heterocycles. The summed E-state index contributed by atoms with van der Waals surface area (Å²) in [6.07, 6.45) is 3.83. The number of benzene rings is 1. The molecule has 1 aliphatic carbocycles. The van der Waals surface area contributed by atoms with E-state index in [4.69, 9.17) is 0 Å². The van der Waals surface area contributed by atoms with Gasteiger partial charge < -0.3 is 9.67 Å². The van der Waals surface area contributed by atoms with E-state index in [9.17, 15) is 23.5 Å². The second-order valence-corrected chi connectivity index (χ2v) is 7.92. The Hall–Kier alpha value is -2.24. The minimum Gasteiger partial charge on any atom is -0.477 e. The zero-order chi connectivity index (χ0) is 18.5. The third-order valence-electron chi connectivity index (χ3n) is 4.60. The fraction of sp³-hybridized carbons (Fsp3) is 0.474. The van der Waals surface area contributed by atoms with Gasteiger partial charge >= 0.3 is 5.97 Å². The lowest BCUT2D eigenvalue weighted by Crippen LogP contribution is -2.21. The van der Waals surface area contributed by atoms with Crippen LogP contribution in [-0.2, 0) is 6.42 Å². The number of nitrogens with zero attached hydrogens (tertiary/aromatic N) is 1. The van der Waals surface area contributed by atoms with E-state index in [-0.39, 0.29) is 28.8 Å². The van der Waals surface area contributed by atoms with Crippen molar-refractivity contribution in [2.45, 2.75) is 52.5 Å². The predicted molar refractivity (Wildman–Crippen MR) is 91.1 cm³/mol. The topological polar surface area (TPSA) is 59.3 Å². The summed E-state index contributed by atoms with van der Waals surface area (Å²) in [4.78, 5) is 23.9. The Balaban J connectivity index is 2.34. The van der Waals surface area contributed by atoms with E-state index < -0.39 is 28.6 Å². The highest BCUT2D eigenvalue weighted by Crippen LogP contribution is 2.39. The summed E-state index contributed by atoms with van der Waals surface area (Å²) in [7, 11) is 0. The fourth-order valence-corrected chi connectivity index (χ4v) is 3.07. The van der Waals surface area contributed by atoms with E-state index in [1.54, 1.807) is 4.57 Å². The number of aromatic nitrogens is 1. The number of hydrogen-bond acceptors (Lipinski definition) is 2. The Kier molecular flexibility index (Phi) is 4.17. The Labute approximate surface area is 144 Å². The van der Waals surface area contributed by atoms with Gasteiger partial charge in [-0.25, -0.2) is 13.6 Å². The number of fused-ring (bicyclic) bond motifs is 1. The summed E-state index contributed by atoms with van der Waals surface area (Å²) in [5, 5.41) is 9.21. The standard InChI is InChI=1S/C19H21F2NO3/c1-19(2,3)7-6-11-15(21)14(20)8-12-16(11)22(10-4-5-10)9-13(17(12)23)18(24)25/h8-10H,4-7H2,1-3H3,(H,24,25). The van der Waals surface area contributed by atoms with Crippen LogP contribution in [0.3, 0.4) is 0 Å². The van der Waals surface area contributed by atoms with Crippen molar-refractivity contribution in [2.75, 3.05) is 0 Å². The fourth-order valence-electron chi connectivity index (χ4n) is 3.07. The quantitative estimate of drug-likeness (QED) is 0.896. The highest BCUT2D eigenvalue weighted by molar-refractivity contribution is 5.93. The maximum absolute atomic E-state index is 14.6. The van der Waals surface area contributed by atoms with Crippen LogP contribution in [-0.4, -0.2) is 15.6 Å². The minimum absolute atomic E-state index is 0.0273. The molecule has 1 saturated carbocycles. The van der Waals surface area contributed by atoms with Gasteiger partial charge in [0.1, 0.15) is 5.56 Å². The van der Waals surface area contributed by atoms with Gasteiger partial charge in [0.15, 0.2) is 11.6 Å². The summed E-state index contributed by atoms with van der Waals surface area (Å²) in [5.74, 6) is -3.42. The van der Waals surface area contributed by atoms with Gasteiger partial charge in [0.2, 0.25) is 5.43 Å². The van der Waals surface area contributed by atoms with Crippen LogP contribution in [0.15, 0.2) is 17.1 Å². The summed E-state index contributed by atoms with van der Waals surface area (Å²) in [5.41, 5.74) is -0.773. The number of carboxylic acid groups (broad SMARTS) is 1.